The van der Waals surface area contributed by atoms with Gasteiger partial charge in [-0.1, -0.05) is 0 Å². The minimum absolute atomic E-state index is 0.138. The first-order chi connectivity index (χ1) is 8.67. The summed E-state index contributed by atoms with van der Waals surface area (Å²) >= 11 is 0. The van der Waals surface area contributed by atoms with E-state index < -0.39 is 0 Å². The molecule has 5 heteroatoms. The Hall–Kier alpha value is -1.36. The van der Waals surface area contributed by atoms with E-state index in [1.54, 1.807) is 0 Å². The molecule has 0 bridgehead atoms. The van der Waals surface area contributed by atoms with Gasteiger partial charge in [0.2, 0.25) is 5.91 Å². The van der Waals surface area contributed by atoms with Gasteiger partial charge in [0.1, 0.15) is 0 Å². The Bertz CT molecular complexity index is 401. The van der Waals surface area contributed by atoms with E-state index in [9.17, 15) is 4.79 Å². The van der Waals surface area contributed by atoms with Gasteiger partial charge in [0, 0.05) is 26.3 Å². The largest absolute Gasteiger partial charge is 0.355 e. The first kappa shape index (κ1) is 13.1. The van der Waals surface area contributed by atoms with Crippen LogP contribution in [0, 0.1) is 5.92 Å². The highest BCUT2D eigenvalue weighted by Crippen LogP contribution is 2.20. The summed E-state index contributed by atoms with van der Waals surface area (Å²) in [5.41, 5.74) is 1.29. The molecule has 2 rings (SSSR count). The molecule has 0 spiro atoms. The minimum atomic E-state index is 0.138. The number of nitrogens with one attached hydrogen (secondary N) is 1. The van der Waals surface area contributed by atoms with Gasteiger partial charge in [-0.05, 0) is 37.8 Å². The van der Waals surface area contributed by atoms with E-state index in [0.717, 1.165) is 19.5 Å². The predicted molar refractivity (Wildman–Crippen MR) is 70.1 cm³/mol. The van der Waals surface area contributed by atoms with Crippen LogP contribution in [0.15, 0.2) is 12.4 Å². The lowest BCUT2D eigenvalue weighted by molar-refractivity contribution is -0.121. The molecule has 1 fully saturated rings. The lowest BCUT2D eigenvalue weighted by Crippen LogP contribution is -2.36. The molecule has 1 saturated heterocycles. The predicted octanol–water partition coefficient (Wildman–Crippen LogP) is 0.421. The molecule has 0 saturated carbocycles. The van der Waals surface area contributed by atoms with Crippen molar-refractivity contribution in [1.82, 2.24) is 20.0 Å². The van der Waals surface area contributed by atoms with E-state index in [-0.39, 0.29) is 5.91 Å². The van der Waals surface area contributed by atoms with Crippen LogP contribution < -0.4 is 5.32 Å². The molecule has 18 heavy (non-hydrogen) atoms. The zero-order valence-corrected chi connectivity index (χ0v) is 11.2. The number of likely N-dealkylation sites (tertiary alicyclic amines) is 1. The van der Waals surface area contributed by atoms with Gasteiger partial charge in [0.15, 0.2) is 0 Å². The molecule has 0 unspecified atom stereocenters. The van der Waals surface area contributed by atoms with Gasteiger partial charge in [-0.2, -0.15) is 5.10 Å². The van der Waals surface area contributed by atoms with Gasteiger partial charge in [-0.15, -0.1) is 0 Å². The number of carbonyl (C=O) groups excluding carboxylic acids is 1. The van der Waals surface area contributed by atoms with Gasteiger partial charge >= 0.3 is 0 Å². The van der Waals surface area contributed by atoms with Crippen molar-refractivity contribution in [3.63, 3.8) is 0 Å². The number of carbonyl (C=O) groups is 1. The molecule has 0 radical (unpaired) electrons. The highest BCUT2D eigenvalue weighted by atomic mass is 16.2. The second-order valence-corrected chi connectivity index (χ2v) is 5.07. The molecule has 0 aliphatic carbocycles. The third-order valence-corrected chi connectivity index (χ3v) is 3.39. The number of hydrogen-bond donors (Lipinski definition) is 1. The van der Waals surface area contributed by atoms with Gasteiger partial charge in [-0.25, -0.2) is 0 Å². The van der Waals surface area contributed by atoms with Gasteiger partial charge in [-0.3, -0.25) is 14.4 Å². The molecule has 1 N–H and O–H groups in total. The minimum Gasteiger partial charge on any atom is -0.355 e. The lowest BCUT2D eigenvalue weighted by atomic mass is 10.0. The van der Waals surface area contributed by atoms with Crippen molar-refractivity contribution < 1.29 is 4.79 Å². The molecule has 0 aromatic carbocycles. The third kappa shape index (κ3) is 3.57. The van der Waals surface area contributed by atoms with Crippen LogP contribution in [-0.2, 0) is 18.3 Å². The highest BCUT2D eigenvalue weighted by Gasteiger charge is 2.24. The Balaban J connectivity index is 1.76. The van der Waals surface area contributed by atoms with Gasteiger partial charge in [0.05, 0.1) is 12.7 Å². The van der Waals surface area contributed by atoms with Gasteiger partial charge in [0.25, 0.3) is 0 Å². The van der Waals surface area contributed by atoms with E-state index >= 15 is 0 Å². The number of nitrogens with zero attached hydrogens (tertiary/aromatic N) is 3. The first-order valence-corrected chi connectivity index (χ1v) is 6.64. The Kier molecular flexibility index (Phi) is 4.36. The molecule has 5 nitrogen and oxygen atoms in total. The molecule has 1 aromatic heterocycles. The quantitative estimate of drug-likeness (QED) is 0.824. The van der Waals surface area contributed by atoms with Crippen molar-refractivity contribution in [2.24, 2.45) is 13.0 Å². The second kappa shape index (κ2) is 6.00. The topological polar surface area (TPSA) is 50.2 Å². The van der Waals surface area contributed by atoms with E-state index in [1.165, 1.54) is 12.0 Å². The summed E-state index contributed by atoms with van der Waals surface area (Å²) in [7, 11) is 1.94. The maximum Gasteiger partial charge on any atom is 0.234 e. The highest BCUT2D eigenvalue weighted by molar-refractivity contribution is 5.77. The van der Waals surface area contributed by atoms with E-state index in [0.29, 0.717) is 19.0 Å². The van der Waals surface area contributed by atoms with Crippen LogP contribution in [0.5, 0.6) is 0 Å². The number of hydrogen-bond acceptors (Lipinski definition) is 3. The zero-order chi connectivity index (χ0) is 13.0. The summed E-state index contributed by atoms with van der Waals surface area (Å²) in [6.07, 6.45) is 6.26. The Morgan fingerprint density at radius 1 is 1.61 bits per heavy atom. The van der Waals surface area contributed by atoms with Crippen molar-refractivity contribution in [3.05, 3.63) is 18.0 Å². The first-order valence-electron chi connectivity index (χ1n) is 6.64. The number of aromatic nitrogens is 2. The maximum absolute atomic E-state index is 11.5. The van der Waals surface area contributed by atoms with Crippen LogP contribution >= 0.6 is 0 Å². The Morgan fingerprint density at radius 3 is 3.11 bits per heavy atom. The summed E-state index contributed by atoms with van der Waals surface area (Å²) in [4.78, 5) is 13.7. The molecular weight excluding hydrogens is 228 g/mol. The normalized spacial score (nSPS) is 20.2. The number of aryl methyl sites for hydroxylation is 1. The molecule has 2 heterocycles. The number of rotatable bonds is 5. The summed E-state index contributed by atoms with van der Waals surface area (Å²) in [6, 6.07) is 0. The third-order valence-electron chi connectivity index (χ3n) is 3.39. The summed E-state index contributed by atoms with van der Waals surface area (Å²) in [5.74, 6) is 0.795. The van der Waals surface area contributed by atoms with Crippen LogP contribution in [0.2, 0.25) is 0 Å². The molecule has 1 aliphatic rings. The summed E-state index contributed by atoms with van der Waals surface area (Å²) in [6.45, 7) is 5.25. The smallest absolute Gasteiger partial charge is 0.234 e. The molecular formula is C13H22N4O. The molecule has 1 aliphatic heterocycles. The standard InChI is InChI=1S/C13H22N4O/c1-3-14-13(18)10-17-5-4-11(9-17)6-12-7-15-16(2)8-12/h7-8,11H,3-6,9-10H2,1-2H3,(H,14,18)/t11-/m1/s1. The average Bonchev–Trinajstić information content (AvgIpc) is 2.89. The molecule has 100 valence electrons. The summed E-state index contributed by atoms with van der Waals surface area (Å²) < 4.78 is 1.84. The van der Waals surface area contributed by atoms with Crippen molar-refractivity contribution in [1.29, 1.82) is 0 Å². The monoisotopic (exact) mass is 250 g/mol. The fraction of sp³-hybridized carbons (Fsp3) is 0.692. The summed E-state index contributed by atoms with van der Waals surface area (Å²) in [5, 5.41) is 7.04. The van der Waals surface area contributed by atoms with E-state index in [2.05, 4.69) is 21.5 Å². The second-order valence-electron chi connectivity index (χ2n) is 5.07. The lowest BCUT2D eigenvalue weighted by Gasteiger charge is -2.15. The maximum atomic E-state index is 11.5. The Labute approximate surface area is 108 Å². The van der Waals surface area contributed by atoms with Crippen molar-refractivity contribution in [3.8, 4) is 0 Å². The molecule has 1 aromatic rings. The molecule has 1 atom stereocenters. The van der Waals surface area contributed by atoms with Crippen LogP contribution in [0.25, 0.3) is 0 Å². The number of likely N-dealkylation sites (N-methyl/N-ethyl adjacent to an activating group) is 1. The van der Waals surface area contributed by atoms with Crippen LogP contribution in [0.3, 0.4) is 0 Å². The van der Waals surface area contributed by atoms with E-state index in [1.807, 2.05) is 24.9 Å². The van der Waals surface area contributed by atoms with Crippen molar-refractivity contribution in [2.45, 2.75) is 19.8 Å². The Morgan fingerprint density at radius 2 is 2.44 bits per heavy atom. The zero-order valence-electron chi connectivity index (χ0n) is 11.2. The average molecular weight is 250 g/mol. The fourth-order valence-electron chi connectivity index (χ4n) is 2.59. The fourth-order valence-corrected chi connectivity index (χ4v) is 2.59. The molecule has 1 amide bonds. The van der Waals surface area contributed by atoms with Crippen molar-refractivity contribution in [2.75, 3.05) is 26.2 Å². The van der Waals surface area contributed by atoms with Crippen molar-refractivity contribution >= 4 is 5.91 Å². The SMILES string of the molecule is CCNC(=O)CN1CC[C@H](Cc2cnn(C)c2)C1. The van der Waals surface area contributed by atoms with Crippen LogP contribution in [-0.4, -0.2) is 46.8 Å². The van der Waals surface area contributed by atoms with Gasteiger partial charge < -0.3 is 5.32 Å². The number of amides is 1. The van der Waals surface area contributed by atoms with E-state index in [4.69, 9.17) is 0 Å². The van der Waals surface area contributed by atoms with Crippen LogP contribution in [0.1, 0.15) is 18.9 Å². The van der Waals surface area contributed by atoms with Crippen LogP contribution in [0.4, 0.5) is 0 Å².